The van der Waals surface area contributed by atoms with Crippen LogP contribution in [0.3, 0.4) is 0 Å². The van der Waals surface area contributed by atoms with Crippen LogP contribution < -0.4 is 5.32 Å². The summed E-state index contributed by atoms with van der Waals surface area (Å²) in [6.07, 6.45) is -4.37. The summed E-state index contributed by atoms with van der Waals surface area (Å²) in [6.45, 7) is 0.943. The molecule has 0 fully saturated rings. The molecule has 0 aliphatic carbocycles. The Hall–Kier alpha value is -2.38. The number of alkyl halides is 3. The van der Waals surface area contributed by atoms with E-state index >= 15 is 0 Å². The third kappa shape index (κ3) is 5.31. The summed E-state index contributed by atoms with van der Waals surface area (Å²) in [5.74, 6) is -0.985. The number of rotatable bonds is 7. The van der Waals surface area contributed by atoms with Gasteiger partial charge in [0.1, 0.15) is 0 Å². The zero-order chi connectivity index (χ0) is 19.3. The van der Waals surface area contributed by atoms with Gasteiger partial charge >= 0.3 is 12.1 Å². The summed E-state index contributed by atoms with van der Waals surface area (Å²) in [5, 5.41) is 12.1. The average molecular weight is 366 g/mol. The topological polar surface area (TPSA) is 52.6 Å². The Kier molecular flexibility index (Phi) is 6.39. The van der Waals surface area contributed by atoms with Crippen molar-refractivity contribution in [3.63, 3.8) is 0 Å². The number of nitrogens with one attached hydrogen (secondary N) is 1. The van der Waals surface area contributed by atoms with Crippen LogP contribution in [0.25, 0.3) is 0 Å². The Morgan fingerprint density at radius 2 is 1.81 bits per heavy atom. The van der Waals surface area contributed by atoms with Crippen LogP contribution in [0.2, 0.25) is 0 Å². The molecule has 2 aromatic carbocycles. The number of likely N-dealkylation sites (N-methyl/N-ethyl adjacent to an activating group) is 1. The highest BCUT2D eigenvalue weighted by molar-refractivity contribution is 5.87. The first kappa shape index (κ1) is 19.9. The van der Waals surface area contributed by atoms with E-state index in [1.807, 2.05) is 19.0 Å². The van der Waals surface area contributed by atoms with Gasteiger partial charge in [-0.2, -0.15) is 13.2 Å². The van der Waals surface area contributed by atoms with Crippen molar-refractivity contribution in [2.24, 2.45) is 0 Å². The molecule has 0 spiro atoms. The number of carbonyl (C=O) groups is 1. The number of halogens is 3. The zero-order valence-electron chi connectivity index (χ0n) is 14.5. The molecule has 0 saturated heterocycles. The molecule has 4 nitrogen and oxygen atoms in total. The normalized spacial score (nSPS) is 13.0. The highest BCUT2D eigenvalue weighted by Crippen LogP contribution is 2.31. The Balaban J connectivity index is 2.04. The minimum absolute atomic E-state index is 0.212. The summed E-state index contributed by atoms with van der Waals surface area (Å²) in [7, 11) is 3.63. The van der Waals surface area contributed by atoms with Gasteiger partial charge in [-0.25, -0.2) is 4.79 Å². The van der Waals surface area contributed by atoms with Crippen molar-refractivity contribution < 1.29 is 23.1 Å². The van der Waals surface area contributed by atoms with Crippen LogP contribution in [0.1, 0.15) is 33.1 Å². The standard InChI is InChI=1S/C19H21F3N2O2/c1-24(2)17(15-4-3-5-16(10-15)19(20,21)22)12-23-11-13-6-8-14(9-7-13)18(25)26/h3-10,17,23H,11-12H2,1-2H3,(H,25,26). The fourth-order valence-electron chi connectivity index (χ4n) is 2.64. The lowest BCUT2D eigenvalue weighted by molar-refractivity contribution is -0.137. The first-order chi connectivity index (χ1) is 12.2. The van der Waals surface area contributed by atoms with E-state index in [4.69, 9.17) is 5.11 Å². The molecule has 1 unspecified atom stereocenters. The maximum absolute atomic E-state index is 12.9. The molecule has 0 aromatic heterocycles. The second-order valence-corrected chi connectivity index (χ2v) is 6.24. The molecular weight excluding hydrogens is 345 g/mol. The van der Waals surface area contributed by atoms with Gasteiger partial charge in [0, 0.05) is 19.1 Å². The highest BCUT2D eigenvalue weighted by Gasteiger charge is 2.31. The van der Waals surface area contributed by atoms with E-state index < -0.39 is 17.7 Å². The second kappa shape index (κ2) is 8.33. The van der Waals surface area contributed by atoms with Gasteiger partial charge in [-0.05, 0) is 49.5 Å². The van der Waals surface area contributed by atoms with Crippen molar-refractivity contribution in [1.82, 2.24) is 10.2 Å². The molecule has 0 aliphatic rings. The molecule has 0 radical (unpaired) electrons. The lowest BCUT2D eigenvalue weighted by Crippen LogP contribution is -2.31. The van der Waals surface area contributed by atoms with E-state index in [-0.39, 0.29) is 11.6 Å². The van der Waals surface area contributed by atoms with E-state index in [9.17, 15) is 18.0 Å². The Morgan fingerprint density at radius 1 is 1.15 bits per heavy atom. The van der Waals surface area contributed by atoms with Crippen molar-refractivity contribution in [1.29, 1.82) is 0 Å². The molecule has 26 heavy (non-hydrogen) atoms. The van der Waals surface area contributed by atoms with Crippen LogP contribution in [0.5, 0.6) is 0 Å². The molecule has 0 heterocycles. The van der Waals surface area contributed by atoms with Gasteiger partial charge < -0.3 is 15.3 Å². The number of carboxylic acids is 1. The van der Waals surface area contributed by atoms with Gasteiger partial charge in [-0.15, -0.1) is 0 Å². The van der Waals surface area contributed by atoms with Crippen LogP contribution in [-0.4, -0.2) is 36.6 Å². The average Bonchev–Trinajstić information content (AvgIpc) is 2.58. The monoisotopic (exact) mass is 366 g/mol. The van der Waals surface area contributed by atoms with Gasteiger partial charge in [-0.3, -0.25) is 0 Å². The first-order valence-electron chi connectivity index (χ1n) is 8.05. The fraction of sp³-hybridized carbons (Fsp3) is 0.316. The summed E-state index contributed by atoms with van der Waals surface area (Å²) < 4.78 is 38.8. The Bertz CT molecular complexity index is 743. The SMILES string of the molecule is CN(C)C(CNCc1ccc(C(=O)O)cc1)c1cccc(C(F)(F)F)c1. The van der Waals surface area contributed by atoms with Gasteiger partial charge in [0.2, 0.25) is 0 Å². The number of aromatic carboxylic acids is 1. The van der Waals surface area contributed by atoms with Gasteiger partial charge in [0.05, 0.1) is 11.1 Å². The molecule has 0 amide bonds. The third-order valence-corrected chi connectivity index (χ3v) is 4.09. The lowest BCUT2D eigenvalue weighted by atomic mass is 10.0. The molecule has 0 aliphatic heterocycles. The smallest absolute Gasteiger partial charge is 0.416 e. The van der Waals surface area contributed by atoms with Gasteiger partial charge in [-0.1, -0.05) is 24.3 Å². The van der Waals surface area contributed by atoms with E-state index in [1.165, 1.54) is 24.3 Å². The maximum Gasteiger partial charge on any atom is 0.416 e. The number of hydrogen-bond donors (Lipinski definition) is 2. The number of nitrogens with zero attached hydrogens (tertiary/aromatic N) is 1. The predicted molar refractivity (Wildman–Crippen MR) is 93.0 cm³/mol. The van der Waals surface area contributed by atoms with Crippen molar-refractivity contribution >= 4 is 5.97 Å². The van der Waals surface area contributed by atoms with Crippen LogP contribution in [0, 0.1) is 0 Å². The summed E-state index contributed by atoms with van der Waals surface area (Å²) >= 11 is 0. The number of benzene rings is 2. The van der Waals surface area contributed by atoms with Crippen LogP contribution >= 0.6 is 0 Å². The number of hydrogen-bond acceptors (Lipinski definition) is 3. The predicted octanol–water partition coefficient (Wildman–Crippen LogP) is 3.80. The largest absolute Gasteiger partial charge is 0.478 e. The van der Waals surface area contributed by atoms with E-state index in [0.29, 0.717) is 18.7 Å². The molecule has 140 valence electrons. The molecule has 7 heteroatoms. The Labute approximate surface area is 150 Å². The minimum atomic E-state index is -4.37. The summed E-state index contributed by atoms with van der Waals surface area (Å²) in [6, 6.07) is 11.6. The van der Waals surface area contributed by atoms with Crippen molar-refractivity contribution in [2.45, 2.75) is 18.8 Å². The molecule has 2 rings (SSSR count). The molecule has 1 atom stereocenters. The highest BCUT2D eigenvalue weighted by atomic mass is 19.4. The molecule has 0 saturated carbocycles. The summed E-state index contributed by atoms with van der Waals surface area (Å²) in [4.78, 5) is 12.7. The zero-order valence-corrected chi connectivity index (χ0v) is 14.5. The maximum atomic E-state index is 12.9. The lowest BCUT2D eigenvalue weighted by Gasteiger charge is -2.26. The molecule has 0 bridgehead atoms. The molecule has 2 aromatic rings. The van der Waals surface area contributed by atoms with E-state index in [2.05, 4.69) is 5.32 Å². The van der Waals surface area contributed by atoms with Gasteiger partial charge in [0.15, 0.2) is 0 Å². The minimum Gasteiger partial charge on any atom is -0.478 e. The van der Waals surface area contributed by atoms with Crippen LogP contribution in [0.15, 0.2) is 48.5 Å². The van der Waals surface area contributed by atoms with E-state index in [0.717, 1.165) is 11.6 Å². The molecule has 2 N–H and O–H groups in total. The van der Waals surface area contributed by atoms with Crippen molar-refractivity contribution in [3.8, 4) is 0 Å². The second-order valence-electron chi connectivity index (χ2n) is 6.24. The fourth-order valence-corrected chi connectivity index (χ4v) is 2.64. The van der Waals surface area contributed by atoms with Crippen LogP contribution in [0.4, 0.5) is 13.2 Å². The van der Waals surface area contributed by atoms with E-state index in [1.54, 1.807) is 18.2 Å². The van der Waals surface area contributed by atoms with Crippen LogP contribution in [-0.2, 0) is 12.7 Å². The Morgan fingerprint density at radius 3 is 2.35 bits per heavy atom. The van der Waals surface area contributed by atoms with Gasteiger partial charge in [0.25, 0.3) is 0 Å². The number of carboxylic acid groups (broad SMARTS) is 1. The molecular formula is C19H21F3N2O2. The quantitative estimate of drug-likeness (QED) is 0.783. The van der Waals surface area contributed by atoms with Crippen molar-refractivity contribution in [3.05, 3.63) is 70.8 Å². The first-order valence-corrected chi connectivity index (χ1v) is 8.05. The summed E-state index contributed by atoms with van der Waals surface area (Å²) in [5.41, 5.74) is 1.03. The van der Waals surface area contributed by atoms with Crippen molar-refractivity contribution in [2.75, 3.05) is 20.6 Å². The third-order valence-electron chi connectivity index (χ3n) is 4.09.